The Morgan fingerprint density at radius 3 is 2.38 bits per heavy atom. The van der Waals surface area contributed by atoms with E-state index in [2.05, 4.69) is 24.1 Å². The molecule has 1 heterocycles. The van der Waals surface area contributed by atoms with E-state index in [-0.39, 0.29) is 5.97 Å². The van der Waals surface area contributed by atoms with Crippen LogP contribution in [0.3, 0.4) is 0 Å². The number of carbonyl (C=O) groups excluding carboxylic acids is 1. The van der Waals surface area contributed by atoms with Gasteiger partial charge in [0.15, 0.2) is 0 Å². The first kappa shape index (κ1) is 13.5. The maximum Gasteiger partial charge on any atom is 0.326 e. The molecule has 1 saturated heterocycles. The molecule has 0 radical (unpaired) electrons. The van der Waals surface area contributed by atoms with Crippen LogP contribution in [0.15, 0.2) is 0 Å². The minimum Gasteiger partial charge on any atom is -0.468 e. The molecule has 0 unspecified atom stereocenters. The molecular formula is C12H24N2O2. The maximum atomic E-state index is 11.9. The largest absolute Gasteiger partial charge is 0.468 e. The van der Waals surface area contributed by atoms with Crippen LogP contribution in [0, 0.1) is 0 Å². The number of hydrogen-bond donors (Lipinski definition) is 1. The van der Waals surface area contributed by atoms with Crippen LogP contribution in [-0.2, 0) is 9.53 Å². The Kier molecular flexibility index (Phi) is 4.74. The number of nitrogens with zero attached hydrogens (tertiary/aromatic N) is 1. The van der Waals surface area contributed by atoms with Gasteiger partial charge < -0.3 is 15.0 Å². The Morgan fingerprint density at radius 2 is 2.00 bits per heavy atom. The third-order valence-corrected chi connectivity index (χ3v) is 3.47. The molecule has 0 aromatic carbocycles. The number of methoxy groups -OCH3 is 1. The monoisotopic (exact) mass is 228 g/mol. The van der Waals surface area contributed by atoms with E-state index in [1.165, 1.54) is 7.11 Å². The van der Waals surface area contributed by atoms with Gasteiger partial charge in [0.2, 0.25) is 0 Å². The van der Waals surface area contributed by atoms with E-state index in [0.29, 0.717) is 6.04 Å². The lowest BCUT2D eigenvalue weighted by Gasteiger charge is -2.41. The van der Waals surface area contributed by atoms with Crippen LogP contribution in [0.5, 0.6) is 0 Å². The fraction of sp³-hybridized carbons (Fsp3) is 0.917. The molecule has 4 nitrogen and oxygen atoms in total. The molecule has 0 aromatic rings. The zero-order chi connectivity index (χ0) is 12.2. The van der Waals surface area contributed by atoms with Gasteiger partial charge in [-0.15, -0.1) is 0 Å². The molecule has 1 rings (SSSR count). The Labute approximate surface area is 98.3 Å². The van der Waals surface area contributed by atoms with Crippen molar-refractivity contribution in [3.8, 4) is 0 Å². The summed E-state index contributed by atoms with van der Waals surface area (Å²) in [4.78, 5) is 14.3. The predicted octanol–water partition coefficient (Wildman–Crippen LogP) is 1.01. The lowest BCUT2D eigenvalue weighted by atomic mass is 9.87. The fourth-order valence-corrected chi connectivity index (χ4v) is 2.41. The van der Waals surface area contributed by atoms with Crippen molar-refractivity contribution in [2.24, 2.45) is 0 Å². The van der Waals surface area contributed by atoms with E-state index < -0.39 is 5.54 Å². The average molecular weight is 228 g/mol. The lowest BCUT2D eigenvalue weighted by molar-refractivity contribution is -0.151. The molecule has 1 fully saturated rings. The Morgan fingerprint density at radius 1 is 1.44 bits per heavy atom. The van der Waals surface area contributed by atoms with Crippen LogP contribution in [0.4, 0.5) is 0 Å². The summed E-state index contributed by atoms with van der Waals surface area (Å²) >= 11 is 0. The molecule has 1 aliphatic heterocycles. The van der Waals surface area contributed by atoms with E-state index in [0.717, 1.165) is 32.5 Å². The summed E-state index contributed by atoms with van der Waals surface area (Å²) in [6.45, 7) is 9.13. The summed E-state index contributed by atoms with van der Waals surface area (Å²) in [6.07, 6.45) is 1.68. The first-order chi connectivity index (χ1) is 7.55. The van der Waals surface area contributed by atoms with Crippen molar-refractivity contribution in [3.63, 3.8) is 0 Å². The van der Waals surface area contributed by atoms with Crippen molar-refractivity contribution in [2.75, 3.05) is 26.7 Å². The second-order valence-corrected chi connectivity index (χ2v) is 4.73. The minimum absolute atomic E-state index is 0.113. The maximum absolute atomic E-state index is 11.9. The fourth-order valence-electron chi connectivity index (χ4n) is 2.41. The standard InChI is InChI=1S/C12H24N2O2/c1-5-13-12(11(15)16-4)6-8-14(9-7-12)10(2)3/h10,13H,5-9H2,1-4H3. The second-order valence-electron chi connectivity index (χ2n) is 4.73. The molecule has 0 bridgehead atoms. The lowest BCUT2D eigenvalue weighted by Crippen LogP contribution is -2.59. The van der Waals surface area contributed by atoms with Crippen LogP contribution in [0.25, 0.3) is 0 Å². The van der Waals surface area contributed by atoms with Gasteiger partial charge in [0.25, 0.3) is 0 Å². The summed E-state index contributed by atoms with van der Waals surface area (Å²) in [7, 11) is 1.47. The smallest absolute Gasteiger partial charge is 0.326 e. The van der Waals surface area contributed by atoms with Gasteiger partial charge >= 0.3 is 5.97 Å². The number of carbonyl (C=O) groups is 1. The highest BCUT2D eigenvalue weighted by molar-refractivity contribution is 5.81. The summed E-state index contributed by atoms with van der Waals surface area (Å²) in [5.74, 6) is -0.113. The molecule has 0 aromatic heterocycles. The third kappa shape index (κ3) is 2.74. The zero-order valence-corrected chi connectivity index (χ0v) is 10.9. The van der Waals surface area contributed by atoms with Gasteiger partial charge in [-0.05, 0) is 33.2 Å². The van der Waals surface area contributed by atoms with Gasteiger partial charge in [-0.3, -0.25) is 4.79 Å². The Hall–Kier alpha value is -0.610. The highest BCUT2D eigenvalue weighted by Crippen LogP contribution is 2.24. The molecule has 1 N–H and O–H groups in total. The topological polar surface area (TPSA) is 41.6 Å². The van der Waals surface area contributed by atoms with Crippen molar-refractivity contribution in [1.82, 2.24) is 10.2 Å². The van der Waals surface area contributed by atoms with E-state index in [9.17, 15) is 4.79 Å². The minimum atomic E-state index is -0.450. The highest BCUT2D eigenvalue weighted by Gasteiger charge is 2.41. The number of nitrogens with one attached hydrogen (secondary N) is 1. The molecule has 0 amide bonds. The molecule has 16 heavy (non-hydrogen) atoms. The molecule has 94 valence electrons. The quantitative estimate of drug-likeness (QED) is 0.729. The molecule has 0 aliphatic carbocycles. The number of likely N-dealkylation sites (N-methyl/N-ethyl adjacent to an activating group) is 1. The summed E-state index contributed by atoms with van der Waals surface area (Å²) in [5.41, 5.74) is -0.450. The summed E-state index contributed by atoms with van der Waals surface area (Å²) in [5, 5.41) is 3.31. The summed E-state index contributed by atoms with van der Waals surface area (Å²) in [6, 6.07) is 0.553. The first-order valence-corrected chi connectivity index (χ1v) is 6.13. The van der Waals surface area contributed by atoms with E-state index in [1.54, 1.807) is 0 Å². The SMILES string of the molecule is CCNC1(C(=O)OC)CCN(C(C)C)CC1. The molecular weight excluding hydrogens is 204 g/mol. The Balaban J connectivity index is 2.66. The van der Waals surface area contributed by atoms with Gasteiger partial charge in [0.05, 0.1) is 7.11 Å². The van der Waals surface area contributed by atoms with Crippen molar-refractivity contribution >= 4 is 5.97 Å². The van der Waals surface area contributed by atoms with Crippen LogP contribution in [-0.4, -0.2) is 49.2 Å². The van der Waals surface area contributed by atoms with E-state index in [1.807, 2.05) is 6.92 Å². The molecule has 4 heteroatoms. The van der Waals surface area contributed by atoms with Crippen molar-refractivity contribution in [2.45, 2.75) is 45.2 Å². The first-order valence-electron chi connectivity index (χ1n) is 6.13. The van der Waals surface area contributed by atoms with Gasteiger partial charge in [-0.25, -0.2) is 0 Å². The zero-order valence-electron chi connectivity index (χ0n) is 10.9. The van der Waals surface area contributed by atoms with Crippen molar-refractivity contribution in [3.05, 3.63) is 0 Å². The van der Waals surface area contributed by atoms with Crippen LogP contribution in [0.1, 0.15) is 33.6 Å². The number of hydrogen-bond acceptors (Lipinski definition) is 4. The van der Waals surface area contributed by atoms with Crippen molar-refractivity contribution < 1.29 is 9.53 Å². The van der Waals surface area contributed by atoms with Gasteiger partial charge in [0, 0.05) is 19.1 Å². The highest BCUT2D eigenvalue weighted by atomic mass is 16.5. The van der Waals surface area contributed by atoms with Gasteiger partial charge in [0.1, 0.15) is 5.54 Å². The number of esters is 1. The number of rotatable bonds is 4. The number of ether oxygens (including phenoxy) is 1. The van der Waals surface area contributed by atoms with Crippen LogP contribution >= 0.6 is 0 Å². The normalized spacial score (nSPS) is 21.1. The predicted molar refractivity (Wildman–Crippen MR) is 64.4 cm³/mol. The van der Waals surface area contributed by atoms with Gasteiger partial charge in [-0.2, -0.15) is 0 Å². The second kappa shape index (κ2) is 5.64. The number of piperidine rings is 1. The molecule has 1 aliphatic rings. The number of likely N-dealkylation sites (tertiary alicyclic amines) is 1. The molecule has 0 spiro atoms. The van der Waals surface area contributed by atoms with E-state index >= 15 is 0 Å². The average Bonchev–Trinajstić information content (AvgIpc) is 2.29. The molecule has 0 atom stereocenters. The summed E-state index contributed by atoms with van der Waals surface area (Å²) < 4.78 is 4.92. The van der Waals surface area contributed by atoms with Gasteiger partial charge in [-0.1, -0.05) is 6.92 Å². The molecule has 0 saturated carbocycles. The van der Waals surface area contributed by atoms with E-state index in [4.69, 9.17) is 4.74 Å². The van der Waals surface area contributed by atoms with Crippen molar-refractivity contribution in [1.29, 1.82) is 0 Å². The third-order valence-electron chi connectivity index (χ3n) is 3.47. The van der Waals surface area contributed by atoms with Crippen LogP contribution in [0.2, 0.25) is 0 Å². The Bertz CT molecular complexity index is 233. The van der Waals surface area contributed by atoms with Crippen LogP contribution < -0.4 is 5.32 Å².